The predicted octanol–water partition coefficient (Wildman–Crippen LogP) is 3.33. The number of aliphatic imine (C=N–C) groups is 1. The van der Waals surface area contributed by atoms with Gasteiger partial charge in [0.15, 0.2) is 5.96 Å². The Morgan fingerprint density at radius 1 is 1.25 bits per heavy atom. The van der Waals surface area contributed by atoms with Gasteiger partial charge in [-0.1, -0.05) is 12.1 Å². The quantitative estimate of drug-likeness (QED) is 0.361. The second kappa shape index (κ2) is 12.5. The first-order chi connectivity index (χ1) is 15.2. The van der Waals surface area contributed by atoms with E-state index >= 15 is 0 Å². The fourth-order valence-corrected chi connectivity index (χ4v) is 3.54. The zero-order chi connectivity index (χ0) is 23.6. The molecule has 0 aliphatic carbocycles. The molecular formula is C24H40N4O4. The smallest absolute Gasteiger partial charge is 0.410 e. The maximum atomic E-state index is 12.4. The molecule has 0 bridgehead atoms. The molecule has 1 heterocycles. The lowest BCUT2D eigenvalue weighted by Crippen LogP contribution is -2.47. The van der Waals surface area contributed by atoms with Gasteiger partial charge in [-0.3, -0.25) is 4.99 Å². The highest BCUT2D eigenvalue weighted by Crippen LogP contribution is 2.21. The lowest BCUT2D eigenvalue weighted by atomic mass is 9.98. The van der Waals surface area contributed by atoms with Crippen LogP contribution in [0.1, 0.15) is 44.7 Å². The summed E-state index contributed by atoms with van der Waals surface area (Å²) < 4.78 is 16.5. The molecule has 32 heavy (non-hydrogen) atoms. The Balaban J connectivity index is 1.85. The lowest BCUT2D eigenvalue weighted by molar-refractivity contribution is 0.0168. The molecule has 0 spiro atoms. The molecule has 8 heteroatoms. The molecule has 1 saturated heterocycles. The second-order valence-electron chi connectivity index (χ2n) is 9.19. The summed E-state index contributed by atoms with van der Waals surface area (Å²) in [5, 5.41) is 6.76. The Labute approximate surface area is 192 Å². The van der Waals surface area contributed by atoms with Crippen LogP contribution in [0.3, 0.4) is 0 Å². The number of aryl methyl sites for hydroxylation is 1. The molecule has 1 atom stereocenters. The van der Waals surface area contributed by atoms with Gasteiger partial charge in [0.1, 0.15) is 18.0 Å². The van der Waals surface area contributed by atoms with Gasteiger partial charge in [0.25, 0.3) is 0 Å². The minimum Gasteiger partial charge on any atom is -0.491 e. The number of hydrogen-bond acceptors (Lipinski definition) is 5. The molecule has 180 valence electrons. The van der Waals surface area contributed by atoms with Crippen LogP contribution in [0.25, 0.3) is 0 Å². The van der Waals surface area contributed by atoms with E-state index < -0.39 is 5.60 Å². The number of methoxy groups -OCH3 is 1. The van der Waals surface area contributed by atoms with Crippen LogP contribution in [0.2, 0.25) is 0 Å². The predicted molar refractivity (Wildman–Crippen MR) is 127 cm³/mol. The number of hydrogen-bond donors (Lipinski definition) is 2. The number of ether oxygens (including phenoxy) is 3. The van der Waals surface area contributed by atoms with Crippen molar-refractivity contribution in [2.24, 2.45) is 10.9 Å². The number of nitrogens with zero attached hydrogens (tertiary/aromatic N) is 2. The lowest BCUT2D eigenvalue weighted by Gasteiger charge is -2.34. The number of carbonyl (C=O) groups excluding carboxylic acids is 1. The number of carbonyl (C=O) groups is 1. The summed E-state index contributed by atoms with van der Waals surface area (Å²) >= 11 is 0. The van der Waals surface area contributed by atoms with Crippen LogP contribution in [0.15, 0.2) is 23.2 Å². The molecule has 1 aromatic carbocycles. The molecule has 1 amide bonds. The molecule has 0 radical (unpaired) electrons. The van der Waals surface area contributed by atoms with Crippen LogP contribution in [0.5, 0.6) is 5.75 Å². The van der Waals surface area contributed by atoms with Crippen molar-refractivity contribution in [3.8, 4) is 5.75 Å². The fourth-order valence-electron chi connectivity index (χ4n) is 3.54. The normalized spacial score (nSPS) is 17.1. The number of rotatable bonds is 8. The SMILES string of the molecule is CN=C(NCc1ccc(C)cc1OCCOC)NCC1CCCN(C(=O)OC(C)(C)C)C1. The van der Waals surface area contributed by atoms with Gasteiger partial charge in [-0.05, 0) is 58.1 Å². The van der Waals surface area contributed by atoms with Crippen molar-refractivity contribution in [3.05, 3.63) is 29.3 Å². The molecular weight excluding hydrogens is 408 g/mol. The average Bonchev–Trinajstić information content (AvgIpc) is 2.74. The average molecular weight is 449 g/mol. The number of guanidine groups is 1. The van der Waals surface area contributed by atoms with Gasteiger partial charge in [0.05, 0.1) is 6.61 Å². The Morgan fingerprint density at radius 2 is 2.03 bits per heavy atom. The first-order valence-electron chi connectivity index (χ1n) is 11.4. The van der Waals surface area contributed by atoms with E-state index in [1.54, 1.807) is 14.2 Å². The number of amides is 1. The molecule has 0 aromatic heterocycles. The minimum atomic E-state index is -0.476. The van der Waals surface area contributed by atoms with E-state index in [-0.39, 0.29) is 6.09 Å². The highest BCUT2D eigenvalue weighted by molar-refractivity contribution is 5.79. The summed E-state index contributed by atoms with van der Waals surface area (Å²) in [6, 6.07) is 6.18. The van der Waals surface area contributed by atoms with E-state index in [0.717, 1.165) is 48.8 Å². The van der Waals surface area contributed by atoms with Gasteiger partial charge >= 0.3 is 6.09 Å². The first kappa shape index (κ1) is 25.8. The molecule has 1 aliphatic heterocycles. The summed E-state index contributed by atoms with van der Waals surface area (Å²) in [5.74, 6) is 1.93. The molecule has 1 aromatic rings. The summed E-state index contributed by atoms with van der Waals surface area (Å²) in [7, 11) is 3.42. The van der Waals surface area contributed by atoms with Crippen LogP contribution in [-0.4, -0.2) is 69.6 Å². The summed E-state index contributed by atoms with van der Waals surface area (Å²) in [4.78, 5) is 18.5. The van der Waals surface area contributed by atoms with Gasteiger partial charge in [-0.2, -0.15) is 0 Å². The van der Waals surface area contributed by atoms with Gasteiger partial charge in [-0.15, -0.1) is 0 Å². The van der Waals surface area contributed by atoms with Crippen LogP contribution >= 0.6 is 0 Å². The molecule has 0 saturated carbocycles. The molecule has 8 nitrogen and oxygen atoms in total. The summed E-state index contributed by atoms with van der Waals surface area (Å²) in [5.41, 5.74) is 1.73. The standard InChI is InChI=1S/C24H40N4O4/c1-18-9-10-20(21(14-18)31-13-12-30-6)16-27-22(25-5)26-15-19-8-7-11-28(17-19)23(29)32-24(2,3)4/h9-10,14,19H,7-8,11-13,15-17H2,1-6H3,(H2,25,26,27). The minimum absolute atomic E-state index is 0.231. The maximum absolute atomic E-state index is 12.4. The Hall–Kier alpha value is -2.48. The Bertz CT molecular complexity index is 761. The zero-order valence-electron chi connectivity index (χ0n) is 20.5. The van der Waals surface area contributed by atoms with Crippen LogP contribution in [0, 0.1) is 12.8 Å². The number of likely N-dealkylation sites (tertiary alicyclic amines) is 1. The first-order valence-corrected chi connectivity index (χ1v) is 11.4. The van der Waals surface area contributed by atoms with Crippen molar-refractivity contribution in [3.63, 3.8) is 0 Å². The molecule has 1 unspecified atom stereocenters. The van der Waals surface area contributed by atoms with Crippen molar-refractivity contribution in [1.82, 2.24) is 15.5 Å². The zero-order valence-corrected chi connectivity index (χ0v) is 20.5. The van der Waals surface area contributed by atoms with Gasteiger partial charge in [0, 0.05) is 45.9 Å². The fraction of sp³-hybridized carbons (Fsp3) is 0.667. The van der Waals surface area contributed by atoms with E-state index in [0.29, 0.717) is 32.2 Å². The molecule has 2 rings (SSSR count). The topological polar surface area (TPSA) is 84.4 Å². The molecule has 2 N–H and O–H groups in total. The van der Waals surface area contributed by atoms with Gasteiger partial charge in [0.2, 0.25) is 0 Å². The highest BCUT2D eigenvalue weighted by Gasteiger charge is 2.27. The Kier molecular flexibility index (Phi) is 10.1. The third-order valence-electron chi connectivity index (χ3n) is 5.17. The molecule has 1 fully saturated rings. The number of nitrogens with one attached hydrogen (secondary N) is 2. The second-order valence-corrected chi connectivity index (χ2v) is 9.19. The van der Waals surface area contributed by atoms with Gasteiger partial charge in [-0.25, -0.2) is 4.79 Å². The van der Waals surface area contributed by atoms with Crippen LogP contribution in [-0.2, 0) is 16.0 Å². The van der Waals surface area contributed by atoms with E-state index in [4.69, 9.17) is 14.2 Å². The van der Waals surface area contributed by atoms with Crippen molar-refractivity contribution in [2.45, 2.75) is 52.7 Å². The van der Waals surface area contributed by atoms with Gasteiger partial charge < -0.3 is 29.7 Å². The third-order valence-corrected chi connectivity index (χ3v) is 5.17. The van der Waals surface area contributed by atoms with Crippen LogP contribution < -0.4 is 15.4 Å². The Morgan fingerprint density at radius 3 is 2.72 bits per heavy atom. The van der Waals surface area contributed by atoms with Crippen molar-refractivity contribution < 1.29 is 19.0 Å². The van der Waals surface area contributed by atoms with E-state index in [2.05, 4.69) is 27.8 Å². The maximum Gasteiger partial charge on any atom is 0.410 e. The van der Waals surface area contributed by atoms with E-state index in [1.165, 1.54) is 0 Å². The monoisotopic (exact) mass is 448 g/mol. The van der Waals surface area contributed by atoms with E-state index in [1.807, 2.05) is 38.7 Å². The van der Waals surface area contributed by atoms with Crippen LogP contribution in [0.4, 0.5) is 4.79 Å². The van der Waals surface area contributed by atoms with Crippen molar-refractivity contribution in [2.75, 3.05) is 47.0 Å². The highest BCUT2D eigenvalue weighted by atomic mass is 16.6. The third kappa shape index (κ3) is 8.94. The van der Waals surface area contributed by atoms with E-state index in [9.17, 15) is 4.79 Å². The molecule has 1 aliphatic rings. The largest absolute Gasteiger partial charge is 0.491 e. The summed E-state index contributed by atoms with van der Waals surface area (Å²) in [6.07, 6.45) is 1.81. The van der Waals surface area contributed by atoms with Crippen molar-refractivity contribution in [1.29, 1.82) is 0 Å². The number of benzene rings is 1. The summed E-state index contributed by atoms with van der Waals surface area (Å²) in [6.45, 7) is 11.6. The van der Waals surface area contributed by atoms with Crippen molar-refractivity contribution >= 4 is 12.1 Å². The number of piperidine rings is 1.